The van der Waals surface area contributed by atoms with Gasteiger partial charge >= 0.3 is 0 Å². The Hall–Kier alpha value is -0.300. The van der Waals surface area contributed by atoms with Crippen molar-refractivity contribution in [2.45, 2.75) is 11.4 Å². The first-order chi connectivity index (χ1) is 8.88. The lowest BCUT2D eigenvalue weighted by molar-refractivity contribution is 0.582. The van der Waals surface area contributed by atoms with E-state index in [2.05, 4.69) is 4.72 Å². The van der Waals surface area contributed by atoms with Gasteiger partial charge in [0.25, 0.3) is 0 Å². The van der Waals surface area contributed by atoms with Gasteiger partial charge in [-0.15, -0.1) is 11.3 Å². The summed E-state index contributed by atoms with van der Waals surface area (Å²) < 4.78 is 27.0. The molecule has 0 bridgehead atoms. The van der Waals surface area contributed by atoms with Crippen LogP contribution in [0.2, 0.25) is 13.7 Å². The van der Waals surface area contributed by atoms with Crippen LogP contribution in [0.3, 0.4) is 0 Å². The molecule has 102 valence electrons. The lowest BCUT2D eigenvalue weighted by Gasteiger charge is -2.05. The maximum Gasteiger partial charge on any atom is 0.243 e. The fourth-order valence-corrected chi connectivity index (χ4v) is 4.66. The van der Waals surface area contributed by atoms with Gasteiger partial charge < -0.3 is 0 Å². The fraction of sp³-hybridized carbons (Fsp3) is 0.0909. The molecule has 0 unspecified atom stereocenters. The predicted molar refractivity (Wildman–Crippen MR) is 79.8 cm³/mol. The van der Waals surface area contributed by atoms with Gasteiger partial charge in [0.1, 0.15) is 9.23 Å². The summed E-state index contributed by atoms with van der Waals surface area (Å²) in [5.74, 6) is 0. The summed E-state index contributed by atoms with van der Waals surface area (Å²) in [6.07, 6.45) is 0. The zero-order valence-corrected chi connectivity index (χ0v) is 13.3. The molecule has 0 spiro atoms. The molecule has 2 rings (SSSR count). The Bertz CT molecular complexity index is 680. The van der Waals surface area contributed by atoms with E-state index in [-0.39, 0.29) is 15.8 Å². The Morgan fingerprint density at radius 3 is 2.26 bits per heavy atom. The molecule has 8 heteroatoms. The topological polar surface area (TPSA) is 46.2 Å². The Balaban J connectivity index is 2.14. The number of sulfonamides is 1. The molecule has 0 saturated heterocycles. The number of hydrogen-bond acceptors (Lipinski definition) is 3. The predicted octanol–water partition coefficient (Wildman–Crippen LogP) is 4.19. The maximum atomic E-state index is 12.0. The second-order valence-electron chi connectivity index (χ2n) is 3.64. The van der Waals surface area contributed by atoms with Crippen LogP contribution in [0, 0.1) is 0 Å². The van der Waals surface area contributed by atoms with Crippen molar-refractivity contribution in [1.29, 1.82) is 0 Å². The van der Waals surface area contributed by atoms with Crippen LogP contribution in [0.1, 0.15) is 5.56 Å². The average Bonchev–Trinajstić information content (AvgIpc) is 2.69. The molecule has 1 aromatic heterocycles. The van der Waals surface area contributed by atoms with Crippen LogP contribution in [0.5, 0.6) is 0 Å². The summed E-state index contributed by atoms with van der Waals surface area (Å²) in [5.41, 5.74) is 0.797. The molecule has 0 aliphatic carbocycles. The van der Waals surface area contributed by atoms with Crippen LogP contribution in [0.25, 0.3) is 0 Å². The van der Waals surface area contributed by atoms with Crippen LogP contribution in [0.15, 0.2) is 35.2 Å². The minimum absolute atomic E-state index is 0.00173. The van der Waals surface area contributed by atoms with Crippen LogP contribution >= 0.6 is 46.1 Å². The Morgan fingerprint density at radius 2 is 1.74 bits per heavy atom. The largest absolute Gasteiger partial charge is 0.243 e. The van der Waals surface area contributed by atoms with E-state index in [1.54, 1.807) is 24.3 Å². The van der Waals surface area contributed by atoms with E-state index in [0.717, 1.165) is 16.9 Å². The summed E-state index contributed by atoms with van der Waals surface area (Å²) in [6.45, 7) is 0.156. The molecule has 1 aromatic carbocycles. The van der Waals surface area contributed by atoms with Gasteiger partial charge in [0, 0.05) is 11.6 Å². The van der Waals surface area contributed by atoms with Gasteiger partial charge in [0.2, 0.25) is 10.0 Å². The van der Waals surface area contributed by atoms with Crippen molar-refractivity contribution in [3.05, 3.63) is 49.6 Å². The highest BCUT2D eigenvalue weighted by atomic mass is 35.5. The lowest BCUT2D eigenvalue weighted by Crippen LogP contribution is -2.23. The van der Waals surface area contributed by atoms with Gasteiger partial charge in [-0.05, 0) is 23.8 Å². The van der Waals surface area contributed by atoms with Crippen molar-refractivity contribution >= 4 is 56.2 Å². The number of rotatable bonds is 4. The first kappa shape index (κ1) is 15.1. The first-order valence-corrected chi connectivity index (χ1v) is 8.51. The quantitative estimate of drug-likeness (QED) is 0.893. The van der Waals surface area contributed by atoms with E-state index in [1.807, 2.05) is 0 Å². The zero-order valence-electron chi connectivity index (χ0n) is 9.36. The van der Waals surface area contributed by atoms with E-state index in [1.165, 1.54) is 6.07 Å². The second kappa shape index (κ2) is 5.99. The summed E-state index contributed by atoms with van der Waals surface area (Å²) >= 11 is 18.3. The fourth-order valence-electron chi connectivity index (χ4n) is 1.37. The van der Waals surface area contributed by atoms with Gasteiger partial charge in [-0.25, -0.2) is 13.1 Å². The minimum atomic E-state index is -3.67. The summed E-state index contributed by atoms with van der Waals surface area (Å²) in [4.78, 5) is -0.00173. The van der Waals surface area contributed by atoms with Crippen LogP contribution in [-0.2, 0) is 16.6 Å². The van der Waals surface area contributed by atoms with Crippen molar-refractivity contribution in [3.63, 3.8) is 0 Å². The molecule has 1 heterocycles. The number of hydrogen-bond donors (Lipinski definition) is 1. The number of benzene rings is 1. The van der Waals surface area contributed by atoms with Crippen molar-refractivity contribution < 1.29 is 8.42 Å². The zero-order chi connectivity index (χ0) is 14.0. The van der Waals surface area contributed by atoms with Gasteiger partial charge in [0.05, 0.1) is 4.34 Å². The molecule has 0 saturated carbocycles. The molecular weight excluding hydrogens is 349 g/mol. The van der Waals surface area contributed by atoms with Crippen molar-refractivity contribution in [3.8, 4) is 0 Å². The van der Waals surface area contributed by atoms with Crippen LogP contribution < -0.4 is 4.72 Å². The second-order valence-corrected chi connectivity index (χ2v) is 8.10. The molecule has 3 nitrogen and oxygen atoms in total. The Kier molecular flexibility index (Phi) is 4.76. The summed E-state index contributed by atoms with van der Waals surface area (Å²) in [7, 11) is -3.67. The highest BCUT2D eigenvalue weighted by Gasteiger charge is 2.20. The maximum absolute atomic E-state index is 12.0. The molecule has 0 aliphatic rings. The van der Waals surface area contributed by atoms with Gasteiger partial charge in [-0.3, -0.25) is 0 Å². The summed E-state index contributed by atoms with van der Waals surface area (Å²) in [5, 5.41) is 0.597. The first-order valence-electron chi connectivity index (χ1n) is 5.07. The molecule has 0 radical (unpaired) electrons. The monoisotopic (exact) mass is 355 g/mol. The standard InChI is InChI=1S/C11H8Cl3NO2S2/c12-8-3-1-7(2-4-8)6-15-19(16,17)9-5-10(13)18-11(9)14/h1-5,15H,6H2. The molecular formula is C11H8Cl3NO2S2. The highest BCUT2D eigenvalue weighted by molar-refractivity contribution is 7.89. The van der Waals surface area contributed by atoms with E-state index in [9.17, 15) is 8.42 Å². The number of halogens is 3. The lowest BCUT2D eigenvalue weighted by atomic mass is 10.2. The average molecular weight is 357 g/mol. The van der Waals surface area contributed by atoms with E-state index in [0.29, 0.717) is 9.36 Å². The minimum Gasteiger partial charge on any atom is -0.207 e. The smallest absolute Gasteiger partial charge is 0.207 e. The molecule has 0 fully saturated rings. The Labute approximate surface area is 130 Å². The Morgan fingerprint density at radius 1 is 1.11 bits per heavy atom. The molecule has 19 heavy (non-hydrogen) atoms. The number of thiophene rings is 1. The van der Waals surface area contributed by atoms with Crippen molar-refractivity contribution in [2.75, 3.05) is 0 Å². The molecule has 0 aliphatic heterocycles. The van der Waals surface area contributed by atoms with E-state index < -0.39 is 10.0 Å². The normalized spacial score (nSPS) is 11.7. The third-order valence-electron chi connectivity index (χ3n) is 2.29. The molecule has 0 atom stereocenters. The third-order valence-corrected chi connectivity index (χ3v) is 5.70. The highest BCUT2D eigenvalue weighted by Crippen LogP contribution is 2.34. The van der Waals surface area contributed by atoms with Crippen LogP contribution in [-0.4, -0.2) is 8.42 Å². The molecule has 1 N–H and O–H groups in total. The third kappa shape index (κ3) is 3.84. The summed E-state index contributed by atoms with van der Waals surface area (Å²) in [6, 6.07) is 8.21. The van der Waals surface area contributed by atoms with E-state index >= 15 is 0 Å². The van der Waals surface area contributed by atoms with E-state index in [4.69, 9.17) is 34.8 Å². The van der Waals surface area contributed by atoms with Crippen LogP contribution in [0.4, 0.5) is 0 Å². The number of nitrogens with one attached hydrogen (secondary N) is 1. The van der Waals surface area contributed by atoms with Crippen molar-refractivity contribution in [2.24, 2.45) is 0 Å². The van der Waals surface area contributed by atoms with Gasteiger partial charge in [-0.2, -0.15) is 0 Å². The molecule has 2 aromatic rings. The van der Waals surface area contributed by atoms with Gasteiger partial charge in [-0.1, -0.05) is 46.9 Å². The SMILES string of the molecule is O=S(=O)(NCc1ccc(Cl)cc1)c1cc(Cl)sc1Cl. The van der Waals surface area contributed by atoms with Crippen molar-refractivity contribution in [1.82, 2.24) is 4.72 Å². The van der Waals surface area contributed by atoms with Gasteiger partial charge in [0.15, 0.2) is 0 Å². The molecule has 0 amide bonds.